The molecule has 0 spiro atoms. The Hall–Kier alpha value is -3.42. The molecule has 0 saturated carbocycles. The second-order valence-corrected chi connectivity index (χ2v) is 10.9. The summed E-state index contributed by atoms with van der Waals surface area (Å²) in [4.78, 5) is 27.3. The molecule has 0 atom stereocenters. The van der Waals surface area contributed by atoms with Gasteiger partial charge in [0.05, 0.1) is 18.1 Å². The normalized spacial score (nSPS) is 14.4. The fourth-order valence-electron chi connectivity index (χ4n) is 4.08. The maximum Gasteiger partial charge on any atom is 0.293 e. The Labute approximate surface area is 238 Å². The molecular formula is C31H32ClNO5S. The van der Waals surface area contributed by atoms with Gasteiger partial charge in [0.2, 0.25) is 0 Å². The molecule has 204 valence electrons. The van der Waals surface area contributed by atoms with Crippen LogP contribution in [0.15, 0.2) is 65.6 Å². The summed E-state index contributed by atoms with van der Waals surface area (Å²) in [6, 6.07) is 19.0. The number of benzene rings is 3. The standard InChI is InChI=1S/C31H32ClNO5S/c1-5-36-28-17-23(9-13-26(28)38-19-22-7-10-24(32)11-8-22)18-29-30(34)33(31(35)39-29)14-15-37-27-16-21(4)6-12-25(27)20(2)3/h6-13,16-18,20H,5,14-15,19H2,1-4H3/b29-18-. The average molecular weight is 566 g/mol. The minimum absolute atomic E-state index is 0.176. The third kappa shape index (κ3) is 7.37. The number of hydrogen-bond donors (Lipinski definition) is 0. The lowest BCUT2D eigenvalue weighted by atomic mass is 10.0. The van der Waals surface area contributed by atoms with Crippen LogP contribution in [0, 0.1) is 6.92 Å². The molecule has 1 saturated heterocycles. The number of nitrogens with zero attached hydrogens (tertiary/aromatic N) is 1. The van der Waals surface area contributed by atoms with Crippen molar-refractivity contribution in [2.45, 2.75) is 40.2 Å². The van der Waals surface area contributed by atoms with Gasteiger partial charge in [-0.3, -0.25) is 14.5 Å². The predicted molar refractivity (Wildman–Crippen MR) is 157 cm³/mol. The van der Waals surface area contributed by atoms with E-state index in [1.807, 2.05) is 56.3 Å². The van der Waals surface area contributed by atoms with Crippen molar-refractivity contribution in [3.05, 3.63) is 92.8 Å². The number of ether oxygens (including phenoxy) is 3. The Morgan fingerprint density at radius 3 is 2.41 bits per heavy atom. The highest BCUT2D eigenvalue weighted by molar-refractivity contribution is 8.18. The summed E-state index contributed by atoms with van der Waals surface area (Å²) >= 11 is 6.89. The molecule has 39 heavy (non-hydrogen) atoms. The predicted octanol–water partition coefficient (Wildman–Crippen LogP) is 7.86. The molecule has 4 rings (SSSR count). The molecule has 1 heterocycles. The minimum Gasteiger partial charge on any atom is -0.491 e. The lowest BCUT2D eigenvalue weighted by Crippen LogP contribution is -2.32. The van der Waals surface area contributed by atoms with E-state index in [9.17, 15) is 9.59 Å². The number of imide groups is 1. The molecule has 1 aliphatic rings. The quantitative estimate of drug-likeness (QED) is 0.220. The summed E-state index contributed by atoms with van der Waals surface area (Å²) in [5.41, 5.74) is 3.91. The molecule has 3 aromatic rings. The first-order valence-corrected chi connectivity index (χ1v) is 14.1. The molecule has 1 fully saturated rings. The van der Waals surface area contributed by atoms with Gasteiger partial charge in [0.15, 0.2) is 11.5 Å². The third-order valence-corrected chi connectivity index (χ3v) is 7.27. The first-order chi connectivity index (χ1) is 18.7. The largest absolute Gasteiger partial charge is 0.491 e. The minimum atomic E-state index is -0.331. The Kier molecular flexibility index (Phi) is 9.59. The molecule has 2 amide bonds. The molecular weight excluding hydrogens is 534 g/mol. The van der Waals surface area contributed by atoms with Gasteiger partial charge in [0.1, 0.15) is 19.0 Å². The fourth-order valence-corrected chi connectivity index (χ4v) is 5.07. The molecule has 8 heteroatoms. The molecule has 0 aromatic heterocycles. The SMILES string of the molecule is CCOc1cc(/C=C2\SC(=O)N(CCOc3cc(C)ccc3C(C)C)C2=O)ccc1OCc1ccc(Cl)cc1. The second kappa shape index (κ2) is 13.1. The number of amides is 2. The van der Waals surface area contributed by atoms with Crippen LogP contribution in [0.3, 0.4) is 0 Å². The van der Waals surface area contributed by atoms with Gasteiger partial charge in [-0.15, -0.1) is 0 Å². The van der Waals surface area contributed by atoms with E-state index in [-0.39, 0.29) is 24.3 Å². The highest BCUT2D eigenvalue weighted by Gasteiger charge is 2.35. The lowest BCUT2D eigenvalue weighted by Gasteiger charge is -2.17. The summed E-state index contributed by atoms with van der Waals surface area (Å²) in [5, 5.41) is 0.359. The van der Waals surface area contributed by atoms with Gasteiger partial charge >= 0.3 is 0 Å². The van der Waals surface area contributed by atoms with Crippen LogP contribution in [-0.2, 0) is 11.4 Å². The number of thioether (sulfide) groups is 1. The van der Waals surface area contributed by atoms with E-state index in [2.05, 4.69) is 26.0 Å². The van der Waals surface area contributed by atoms with Crippen molar-refractivity contribution in [1.82, 2.24) is 4.90 Å². The Bertz CT molecular complexity index is 1370. The van der Waals surface area contributed by atoms with Gasteiger partial charge in [0.25, 0.3) is 11.1 Å². The maximum absolute atomic E-state index is 13.0. The maximum atomic E-state index is 13.0. The van der Waals surface area contributed by atoms with Gasteiger partial charge < -0.3 is 14.2 Å². The van der Waals surface area contributed by atoms with Crippen molar-refractivity contribution in [3.63, 3.8) is 0 Å². The smallest absolute Gasteiger partial charge is 0.293 e. The Balaban J connectivity index is 1.42. The van der Waals surface area contributed by atoms with Crippen LogP contribution in [-0.4, -0.2) is 35.8 Å². The third-order valence-electron chi connectivity index (χ3n) is 6.11. The first kappa shape index (κ1) is 28.6. The zero-order valence-electron chi connectivity index (χ0n) is 22.5. The van der Waals surface area contributed by atoms with E-state index < -0.39 is 0 Å². The molecule has 1 aliphatic heterocycles. The number of rotatable bonds is 11. The van der Waals surface area contributed by atoms with Crippen LogP contribution in [0.2, 0.25) is 5.02 Å². The fraction of sp³-hybridized carbons (Fsp3) is 0.290. The molecule has 0 unspecified atom stereocenters. The molecule has 0 radical (unpaired) electrons. The van der Waals surface area contributed by atoms with Crippen molar-refractivity contribution in [1.29, 1.82) is 0 Å². The monoisotopic (exact) mass is 565 g/mol. The van der Waals surface area contributed by atoms with Gasteiger partial charge in [0, 0.05) is 5.02 Å². The number of carbonyl (C=O) groups is 2. The number of hydrogen-bond acceptors (Lipinski definition) is 6. The number of aryl methyl sites for hydroxylation is 1. The number of carbonyl (C=O) groups excluding carboxylic acids is 2. The van der Waals surface area contributed by atoms with Crippen molar-refractivity contribution >= 4 is 40.6 Å². The van der Waals surface area contributed by atoms with Crippen molar-refractivity contribution < 1.29 is 23.8 Å². The van der Waals surface area contributed by atoms with Gasteiger partial charge in [-0.2, -0.15) is 0 Å². The number of halogens is 1. The zero-order valence-corrected chi connectivity index (χ0v) is 24.1. The van der Waals surface area contributed by atoms with Gasteiger partial charge in [-0.1, -0.05) is 55.8 Å². The van der Waals surface area contributed by atoms with Crippen LogP contribution in [0.1, 0.15) is 48.9 Å². The summed E-state index contributed by atoms with van der Waals surface area (Å²) < 4.78 is 17.8. The van der Waals surface area contributed by atoms with Crippen molar-refractivity contribution in [2.24, 2.45) is 0 Å². The van der Waals surface area contributed by atoms with Gasteiger partial charge in [-0.25, -0.2) is 0 Å². The molecule has 0 N–H and O–H groups in total. The average Bonchev–Trinajstić information content (AvgIpc) is 3.16. The second-order valence-electron chi connectivity index (χ2n) is 9.43. The molecule has 6 nitrogen and oxygen atoms in total. The summed E-state index contributed by atoms with van der Waals surface area (Å²) in [6.45, 7) is 9.33. The van der Waals surface area contributed by atoms with Crippen LogP contribution >= 0.6 is 23.4 Å². The van der Waals surface area contributed by atoms with Crippen LogP contribution in [0.5, 0.6) is 17.2 Å². The molecule has 3 aromatic carbocycles. The molecule has 0 bridgehead atoms. The van der Waals surface area contributed by atoms with E-state index in [4.69, 9.17) is 25.8 Å². The van der Waals surface area contributed by atoms with Crippen LogP contribution < -0.4 is 14.2 Å². The Morgan fingerprint density at radius 2 is 1.69 bits per heavy atom. The van der Waals surface area contributed by atoms with Crippen LogP contribution in [0.25, 0.3) is 6.08 Å². The van der Waals surface area contributed by atoms with Crippen molar-refractivity contribution in [2.75, 3.05) is 19.8 Å². The van der Waals surface area contributed by atoms with Crippen LogP contribution in [0.4, 0.5) is 4.79 Å². The van der Waals surface area contributed by atoms with E-state index >= 15 is 0 Å². The lowest BCUT2D eigenvalue weighted by molar-refractivity contribution is -0.123. The van der Waals surface area contributed by atoms with E-state index in [0.717, 1.165) is 39.8 Å². The summed E-state index contributed by atoms with van der Waals surface area (Å²) in [5.74, 6) is 1.91. The van der Waals surface area contributed by atoms with Crippen molar-refractivity contribution in [3.8, 4) is 17.2 Å². The zero-order chi connectivity index (χ0) is 27.9. The highest BCUT2D eigenvalue weighted by atomic mass is 35.5. The summed E-state index contributed by atoms with van der Waals surface area (Å²) in [7, 11) is 0. The highest BCUT2D eigenvalue weighted by Crippen LogP contribution is 2.35. The molecule has 0 aliphatic carbocycles. The van der Waals surface area contributed by atoms with E-state index in [1.165, 1.54) is 4.90 Å². The first-order valence-electron chi connectivity index (χ1n) is 12.9. The van der Waals surface area contributed by atoms with E-state index in [0.29, 0.717) is 40.6 Å². The Morgan fingerprint density at radius 1 is 0.923 bits per heavy atom. The topological polar surface area (TPSA) is 65.1 Å². The van der Waals surface area contributed by atoms with E-state index in [1.54, 1.807) is 12.1 Å². The summed E-state index contributed by atoms with van der Waals surface area (Å²) in [6.07, 6.45) is 1.70. The van der Waals surface area contributed by atoms with Gasteiger partial charge in [-0.05, 0) is 90.2 Å².